The van der Waals surface area contributed by atoms with Gasteiger partial charge in [-0.25, -0.2) is 4.39 Å². The summed E-state index contributed by atoms with van der Waals surface area (Å²) in [6, 6.07) is 15.6. The van der Waals surface area contributed by atoms with Crippen LogP contribution in [0.5, 0.6) is 0 Å². The zero-order valence-electron chi connectivity index (χ0n) is 15.9. The fourth-order valence-electron chi connectivity index (χ4n) is 4.29. The van der Waals surface area contributed by atoms with Crippen molar-refractivity contribution in [3.05, 3.63) is 71.5 Å². The van der Waals surface area contributed by atoms with Crippen LogP contribution in [0.25, 0.3) is 0 Å². The van der Waals surface area contributed by atoms with Crippen molar-refractivity contribution in [2.24, 2.45) is 11.8 Å². The van der Waals surface area contributed by atoms with Crippen LogP contribution in [0, 0.1) is 17.7 Å². The number of ether oxygens (including phenoxy) is 1. The molecule has 0 saturated carbocycles. The second kappa shape index (κ2) is 9.03. The third-order valence-corrected chi connectivity index (χ3v) is 6.00. The van der Waals surface area contributed by atoms with E-state index in [0.29, 0.717) is 29.0 Å². The Morgan fingerprint density at radius 3 is 2.57 bits per heavy atom. The molecule has 1 fully saturated rings. The average molecular weight is 401 g/mol. The van der Waals surface area contributed by atoms with Gasteiger partial charge in [0.15, 0.2) is 5.78 Å². The molecule has 0 bridgehead atoms. The third kappa shape index (κ3) is 4.22. The van der Waals surface area contributed by atoms with Gasteiger partial charge in [-0.3, -0.25) is 4.79 Å². The minimum Gasteiger partial charge on any atom is -0.396 e. The van der Waals surface area contributed by atoms with Gasteiger partial charge in [-0.1, -0.05) is 67.7 Å². The topological polar surface area (TPSA) is 46.5 Å². The Bertz CT molecular complexity index is 839. The first-order chi connectivity index (χ1) is 13.5. The van der Waals surface area contributed by atoms with Gasteiger partial charge < -0.3 is 9.84 Å². The molecule has 1 unspecified atom stereocenters. The molecule has 0 radical (unpaired) electrons. The molecule has 1 aliphatic heterocycles. The van der Waals surface area contributed by atoms with E-state index in [-0.39, 0.29) is 43.1 Å². The number of thiocarbonyl (C=S) groups is 1. The highest BCUT2D eigenvalue weighted by atomic mass is 32.1. The van der Waals surface area contributed by atoms with Crippen molar-refractivity contribution >= 4 is 22.9 Å². The Balaban J connectivity index is 1.91. The summed E-state index contributed by atoms with van der Waals surface area (Å²) in [5, 5.41) is 10.1. The van der Waals surface area contributed by atoms with Crippen LogP contribution in [0.3, 0.4) is 0 Å². The molecule has 0 aliphatic carbocycles. The first kappa shape index (κ1) is 20.8. The Morgan fingerprint density at radius 2 is 1.89 bits per heavy atom. The molecule has 0 aromatic heterocycles. The number of rotatable bonds is 7. The number of carbonyl (C=O) groups excluding carboxylic acids is 1. The van der Waals surface area contributed by atoms with Gasteiger partial charge in [0.2, 0.25) is 0 Å². The molecule has 1 heterocycles. The van der Waals surface area contributed by atoms with Crippen LogP contribution in [0.2, 0.25) is 0 Å². The summed E-state index contributed by atoms with van der Waals surface area (Å²) < 4.78 is 20.6. The Labute approximate surface area is 170 Å². The summed E-state index contributed by atoms with van der Waals surface area (Å²) in [7, 11) is 0. The van der Waals surface area contributed by atoms with E-state index in [4.69, 9.17) is 17.0 Å². The van der Waals surface area contributed by atoms with Crippen LogP contribution in [-0.4, -0.2) is 35.6 Å². The number of ketones is 1. The van der Waals surface area contributed by atoms with Gasteiger partial charge in [-0.05, 0) is 29.9 Å². The quantitative estimate of drug-likeness (QED) is 0.554. The Hall–Kier alpha value is -1.95. The molecule has 2 aromatic rings. The maximum absolute atomic E-state index is 14.8. The van der Waals surface area contributed by atoms with Crippen molar-refractivity contribution in [1.82, 2.24) is 0 Å². The fourth-order valence-corrected chi connectivity index (χ4v) is 4.68. The lowest BCUT2D eigenvalue weighted by Gasteiger charge is -2.47. The molecule has 3 atom stereocenters. The van der Waals surface area contributed by atoms with E-state index < -0.39 is 5.41 Å². The average Bonchev–Trinajstić information content (AvgIpc) is 2.69. The monoisotopic (exact) mass is 400 g/mol. The van der Waals surface area contributed by atoms with E-state index in [2.05, 4.69) is 0 Å². The summed E-state index contributed by atoms with van der Waals surface area (Å²) in [4.78, 5) is 13.1. The van der Waals surface area contributed by atoms with E-state index in [9.17, 15) is 14.3 Å². The molecule has 3 rings (SSSR count). The van der Waals surface area contributed by atoms with Crippen molar-refractivity contribution in [1.29, 1.82) is 0 Å². The predicted molar refractivity (Wildman–Crippen MR) is 111 cm³/mol. The summed E-state index contributed by atoms with van der Waals surface area (Å²) in [5.74, 6) is -0.552. The van der Waals surface area contributed by atoms with Crippen molar-refractivity contribution in [2.45, 2.75) is 25.2 Å². The lowest BCUT2D eigenvalue weighted by molar-refractivity contribution is -0.0602. The molecule has 0 spiro atoms. The van der Waals surface area contributed by atoms with E-state index in [0.717, 1.165) is 0 Å². The van der Waals surface area contributed by atoms with Gasteiger partial charge in [0.05, 0.1) is 6.61 Å². The second-order valence-corrected chi connectivity index (χ2v) is 8.18. The van der Waals surface area contributed by atoms with Gasteiger partial charge in [-0.2, -0.15) is 0 Å². The van der Waals surface area contributed by atoms with E-state index in [1.54, 1.807) is 30.3 Å². The van der Waals surface area contributed by atoms with Crippen molar-refractivity contribution in [3.63, 3.8) is 0 Å². The van der Waals surface area contributed by atoms with E-state index in [1.807, 2.05) is 25.1 Å². The molecule has 1 aliphatic rings. The number of carbonyl (C=O) groups is 1. The molecule has 3 nitrogen and oxygen atoms in total. The van der Waals surface area contributed by atoms with Crippen LogP contribution < -0.4 is 0 Å². The van der Waals surface area contributed by atoms with Crippen molar-refractivity contribution in [3.8, 4) is 0 Å². The smallest absolute Gasteiger partial charge is 0.167 e. The number of hydrogen-bond donors (Lipinski definition) is 1. The van der Waals surface area contributed by atoms with E-state index in [1.165, 1.54) is 6.07 Å². The number of Topliss-reactive ketones (excluding diaryl/α,β-unsaturated/α-hetero) is 1. The van der Waals surface area contributed by atoms with Crippen LogP contribution in [0.15, 0.2) is 54.6 Å². The largest absolute Gasteiger partial charge is 0.396 e. The summed E-state index contributed by atoms with van der Waals surface area (Å²) in [5.41, 5.74) is 0.318. The molecule has 148 valence electrons. The van der Waals surface area contributed by atoms with Crippen molar-refractivity contribution < 1.29 is 19.0 Å². The lowest BCUT2D eigenvalue weighted by atomic mass is 9.62. The predicted octanol–water partition coefficient (Wildman–Crippen LogP) is 4.37. The van der Waals surface area contributed by atoms with Gasteiger partial charge in [0.1, 0.15) is 5.82 Å². The highest BCUT2D eigenvalue weighted by molar-refractivity contribution is 7.80. The minimum atomic E-state index is -0.786. The van der Waals surface area contributed by atoms with Crippen LogP contribution in [-0.2, 0) is 10.2 Å². The standard InChI is InChI=1S/C23H25FO3S/c1-16-14-27-15-23(20(16)13-25,19-9-5-6-10-21(19)24)12-18(28)11-22(26)17-7-3-2-4-8-17/h2-10,16,20,25H,11-15H2,1H3/t16?,20-,23+/m1/s1. The summed E-state index contributed by atoms with van der Waals surface area (Å²) in [6.07, 6.45) is 0.430. The second-order valence-electron chi connectivity index (χ2n) is 7.60. The summed E-state index contributed by atoms with van der Waals surface area (Å²) >= 11 is 5.59. The molecular weight excluding hydrogens is 375 g/mol. The molecule has 5 heteroatoms. The number of halogens is 1. The first-order valence-electron chi connectivity index (χ1n) is 9.51. The van der Waals surface area contributed by atoms with Gasteiger partial charge in [0, 0.05) is 35.5 Å². The first-order valence-corrected chi connectivity index (χ1v) is 9.92. The molecule has 0 amide bonds. The molecule has 2 aromatic carbocycles. The van der Waals surface area contributed by atoms with E-state index >= 15 is 0 Å². The number of aliphatic hydroxyl groups excluding tert-OH is 1. The zero-order chi connectivity index (χ0) is 20.1. The SMILES string of the molecule is CC1COC[C@@](CC(=S)CC(=O)c2ccccc2)(c2ccccc2F)[C@@H]1CO. The molecular formula is C23H25FO3S. The highest BCUT2D eigenvalue weighted by Gasteiger charge is 2.47. The number of benzene rings is 2. The minimum absolute atomic E-state index is 0.0472. The Morgan fingerprint density at radius 1 is 1.21 bits per heavy atom. The number of aliphatic hydroxyl groups is 1. The maximum atomic E-state index is 14.8. The van der Waals surface area contributed by atoms with Gasteiger partial charge in [0.25, 0.3) is 0 Å². The summed E-state index contributed by atoms with van der Waals surface area (Å²) in [6.45, 7) is 2.68. The molecule has 1 N–H and O–H groups in total. The zero-order valence-corrected chi connectivity index (χ0v) is 16.8. The molecule has 1 saturated heterocycles. The van der Waals surface area contributed by atoms with Crippen LogP contribution in [0.4, 0.5) is 4.39 Å². The van der Waals surface area contributed by atoms with Crippen molar-refractivity contribution in [2.75, 3.05) is 19.8 Å². The number of hydrogen-bond acceptors (Lipinski definition) is 4. The lowest BCUT2D eigenvalue weighted by Crippen LogP contribution is -2.51. The van der Waals surface area contributed by atoms with Crippen LogP contribution >= 0.6 is 12.2 Å². The van der Waals surface area contributed by atoms with Gasteiger partial charge in [-0.15, -0.1) is 0 Å². The normalized spacial score (nSPS) is 24.7. The molecule has 28 heavy (non-hydrogen) atoms. The maximum Gasteiger partial charge on any atom is 0.167 e. The fraction of sp³-hybridized carbons (Fsp3) is 0.391. The third-order valence-electron chi connectivity index (χ3n) is 5.71. The van der Waals surface area contributed by atoms with Crippen LogP contribution in [0.1, 0.15) is 35.7 Å². The van der Waals surface area contributed by atoms with Gasteiger partial charge >= 0.3 is 0 Å². The highest BCUT2D eigenvalue weighted by Crippen LogP contribution is 2.44. The Kier molecular flexibility index (Phi) is 6.70.